The van der Waals surface area contributed by atoms with Crippen molar-refractivity contribution in [3.63, 3.8) is 0 Å². The van der Waals surface area contributed by atoms with Crippen molar-refractivity contribution in [2.45, 2.75) is 83.3 Å². The molecule has 0 radical (unpaired) electrons. The van der Waals surface area contributed by atoms with Crippen molar-refractivity contribution >= 4 is 6.03 Å². The first-order valence-electron chi connectivity index (χ1n) is 9.97. The van der Waals surface area contributed by atoms with E-state index in [0.717, 1.165) is 13.0 Å². The van der Waals surface area contributed by atoms with E-state index in [-0.39, 0.29) is 17.7 Å². The van der Waals surface area contributed by atoms with Crippen molar-refractivity contribution in [2.75, 3.05) is 26.2 Å². The minimum atomic E-state index is -0.311. The number of carbonyl (C=O) groups is 1. The van der Waals surface area contributed by atoms with E-state index in [1.54, 1.807) is 6.92 Å². The molecule has 1 aliphatic heterocycles. The standard InChI is InChI=1S/C19H37N3O2/c1-16(13-17(2)23)14-20-18(24)21-15-19(9-5-3-6-10-19)22-11-7-4-8-12-22/h16-17,23H,3-15H2,1-2H3,(H2,20,21,24). The third-order valence-electron chi connectivity index (χ3n) is 5.74. The molecular weight excluding hydrogens is 302 g/mol. The van der Waals surface area contributed by atoms with E-state index in [2.05, 4.69) is 22.5 Å². The Morgan fingerprint density at radius 2 is 1.67 bits per heavy atom. The van der Waals surface area contributed by atoms with E-state index < -0.39 is 0 Å². The summed E-state index contributed by atoms with van der Waals surface area (Å²) in [5, 5.41) is 15.5. The maximum atomic E-state index is 12.2. The van der Waals surface area contributed by atoms with Gasteiger partial charge in [-0.05, 0) is 58.0 Å². The number of hydrogen-bond acceptors (Lipinski definition) is 3. The highest BCUT2D eigenvalue weighted by atomic mass is 16.3. The summed E-state index contributed by atoms with van der Waals surface area (Å²) in [4.78, 5) is 14.9. The van der Waals surface area contributed by atoms with Gasteiger partial charge in [-0.1, -0.05) is 32.6 Å². The van der Waals surface area contributed by atoms with Crippen molar-refractivity contribution in [1.82, 2.24) is 15.5 Å². The molecule has 0 aromatic rings. The molecule has 1 heterocycles. The zero-order valence-electron chi connectivity index (χ0n) is 15.6. The summed E-state index contributed by atoms with van der Waals surface area (Å²) < 4.78 is 0. The molecule has 2 rings (SSSR count). The van der Waals surface area contributed by atoms with Gasteiger partial charge in [0.15, 0.2) is 0 Å². The molecule has 0 aromatic heterocycles. The summed E-state index contributed by atoms with van der Waals surface area (Å²) in [6.45, 7) is 7.62. The monoisotopic (exact) mass is 339 g/mol. The Morgan fingerprint density at radius 1 is 1.04 bits per heavy atom. The van der Waals surface area contributed by atoms with Crippen molar-refractivity contribution in [1.29, 1.82) is 0 Å². The molecule has 2 atom stereocenters. The molecule has 1 aliphatic carbocycles. The maximum absolute atomic E-state index is 12.2. The minimum absolute atomic E-state index is 0.0607. The Morgan fingerprint density at radius 3 is 2.29 bits per heavy atom. The van der Waals surface area contributed by atoms with Crippen molar-refractivity contribution in [2.24, 2.45) is 5.92 Å². The van der Waals surface area contributed by atoms with E-state index >= 15 is 0 Å². The summed E-state index contributed by atoms with van der Waals surface area (Å²) in [6, 6.07) is -0.0607. The highest BCUT2D eigenvalue weighted by molar-refractivity contribution is 5.73. The first-order valence-corrected chi connectivity index (χ1v) is 9.97. The number of urea groups is 1. The number of aliphatic hydroxyl groups excluding tert-OH is 1. The van der Waals surface area contributed by atoms with Gasteiger partial charge in [0, 0.05) is 18.6 Å². The summed E-state index contributed by atoms with van der Waals surface area (Å²) in [5.74, 6) is 0.293. The van der Waals surface area contributed by atoms with E-state index in [1.807, 2.05) is 0 Å². The van der Waals surface area contributed by atoms with Gasteiger partial charge in [0.05, 0.1) is 6.10 Å². The lowest BCUT2D eigenvalue weighted by atomic mass is 9.79. The molecule has 5 nitrogen and oxygen atoms in total. The summed E-state index contributed by atoms with van der Waals surface area (Å²) in [5.41, 5.74) is 0.182. The molecule has 2 amide bonds. The van der Waals surface area contributed by atoms with Crippen molar-refractivity contribution < 1.29 is 9.90 Å². The van der Waals surface area contributed by atoms with Crippen LogP contribution in [0.3, 0.4) is 0 Å². The van der Waals surface area contributed by atoms with E-state index in [1.165, 1.54) is 64.5 Å². The molecule has 2 aliphatic rings. The first-order chi connectivity index (χ1) is 11.5. The Bertz CT molecular complexity index is 375. The van der Waals surface area contributed by atoms with Crippen LogP contribution in [0, 0.1) is 5.92 Å². The van der Waals surface area contributed by atoms with Crippen LogP contribution in [0.2, 0.25) is 0 Å². The number of aliphatic hydroxyl groups is 1. The van der Waals surface area contributed by atoms with Gasteiger partial charge in [-0.25, -0.2) is 4.79 Å². The van der Waals surface area contributed by atoms with E-state index in [9.17, 15) is 9.90 Å². The Labute approximate surface area is 147 Å². The van der Waals surface area contributed by atoms with Crippen LogP contribution in [0.4, 0.5) is 4.79 Å². The molecule has 140 valence electrons. The highest BCUT2D eigenvalue weighted by Gasteiger charge is 2.38. The molecule has 0 aromatic carbocycles. The van der Waals surface area contributed by atoms with Crippen LogP contribution < -0.4 is 10.6 Å². The fourth-order valence-corrected chi connectivity index (χ4v) is 4.42. The number of nitrogens with zero attached hydrogens (tertiary/aromatic N) is 1. The highest BCUT2D eigenvalue weighted by Crippen LogP contribution is 2.35. The number of amides is 2. The summed E-state index contributed by atoms with van der Waals surface area (Å²) in [7, 11) is 0. The zero-order valence-corrected chi connectivity index (χ0v) is 15.6. The Kier molecular flexibility index (Phi) is 7.82. The van der Waals surface area contributed by atoms with Gasteiger partial charge < -0.3 is 15.7 Å². The average molecular weight is 340 g/mol. The lowest BCUT2D eigenvalue weighted by Crippen LogP contribution is -2.59. The second-order valence-corrected chi connectivity index (χ2v) is 8.09. The van der Waals surface area contributed by atoms with Gasteiger partial charge in [0.2, 0.25) is 0 Å². The predicted molar refractivity (Wildman–Crippen MR) is 98.1 cm³/mol. The van der Waals surface area contributed by atoms with Gasteiger partial charge in [-0.3, -0.25) is 4.90 Å². The number of hydrogen-bond donors (Lipinski definition) is 3. The normalized spacial score (nSPS) is 24.1. The van der Waals surface area contributed by atoms with Gasteiger partial charge in [0.25, 0.3) is 0 Å². The van der Waals surface area contributed by atoms with E-state index in [4.69, 9.17) is 0 Å². The summed E-state index contributed by atoms with van der Waals surface area (Å²) in [6.07, 6.45) is 10.7. The zero-order chi connectivity index (χ0) is 17.4. The van der Waals surface area contributed by atoms with Gasteiger partial charge in [-0.15, -0.1) is 0 Å². The lowest BCUT2D eigenvalue weighted by molar-refractivity contribution is 0.0354. The third kappa shape index (κ3) is 5.92. The maximum Gasteiger partial charge on any atom is 0.314 e. The van der Waals surface area contributed by atoms with Crippen molar-refractivity contribution in [3.05, 3.63) is 0 Å². The van der Waals surface area contributed by atoms with E-state index in [0.29, 0.717) is 12.5 Å². The molecule has 2 unspecified atom stereocenters. The van der Waals surface area contributed by atoms with Crippen LogP contribution in [-0.2, 0) is 0 Å². The molecule has 1 saturated heterocycles. The molecule has 1 saturated carbocycles. The molecule has 0 bridgehead atoms. The summed E-state index contributed by atoms with van der Waals surface area (Å²) >= 11 is 0. The lowest BCUT2D eigenvalue weighted by Gasteiger charge is -2.48. The second kappa shape index (κ2) is 9.62. The van der Waals surface area contributed by atoms with Gasteiger partial charge in [-0.2, -0.15) is 0 Å². The predicted octanol–water partition coefficient (Wildman–Crippen LogP) is 2.88. The van der Waals surface area contributed by atoms with Crippen LogP contribution in [0.1, 0.15) is 71.6 Å². The molecule has 24 heavy (non-hydrogen) atoms. The second-order valence-electron chi connectivity index (χ2n) is 8.09. The quantitative estimate of drug-likeness (QED) is 0.668. The van der Waals surface area contributed by atoms with Crippen LogP contribution in [-0.4, -0.2) is 53.9 Å². The fraction of sp³-hybridized carbons (Fsp3) is 0.947. The smallest absolute Gasteiger partial charge is 0.314 e. The molecule has 0 spiro atoms. The number of piperidine rings is 1. The van der Waals surface area contributed by atoms with Gasteiger partial charge in [0.1, 0.15) is 0 Å². The Hall–Kier alpha value is -0.810. The van der Waals surface area contributed by atoms with Gasteiger partial charge >= 0.3 is 6.03 Å². The topological polar surface area (TPSA) is 64.6 Å². The van der Waals surface area contributed by atoms with Crippen molar-refractivity contribution in [3.8, 4) is 0 Å². The molecule has 2 fully saturated rings. The first kappa shape index (κ1) is 19.5. The van der Waals surface area contributed by atoms with Crippen LogP contribution in [0.15, 0.2) is 0 Å². The third-order valence-corrected chi connectivity index (χ3v) is 5.74. The SMILES string of the molecule is CC(O)CC(C)CNC(=O)NCC1(N2CCCCC2)CCCCC1. The largest absolute Gasteiger partial charge is 0.393 e. The number of carbonyl (C=O) groups excluding carboxylic acids is 1. The molecule has 3 N–H and O–H groups in total. The fourth-order valence-electron chi connectivity index (χ4n) is 4.42. The minimum Gasteiger partial charge on any atom is -0.393 e. The van der Waals surface area contributed by atoms with Crippen LogP contribution >= 0.6 is 0 Å². The van der Waals surface area contributed by atoms with Crippen LogP contribution in [0.5, 0.6) is 0 Å². The number of nitrogens with one attached hydrogen (secondary N) is 2. The molecule has 5 heteroatoms. The van der Waals surface area contributed by atoms with Crippen LogP contribution in [0.25, 0.3) is 0 Å². The molecular formula is C19H37N3O2. The average Bonchev–Trinajstić information content (AvgIpc) is 2.59. The Balaban J connectivity index is 1.80. The number of rotatable bonds is 7. The number of likely N-dealkylation sites (tertiary alicyclic amines) is 1.